The number of esters is 1. The number of carbonyl (C=O) groups is 1. The Bertz CT molecular complexity index is 192. The second-order valence-electron chi connectivity index (χ2n) is 3.43. The van der Waals surface area contributed by atoms with Crippen molar-refractivity contribution < 1.29 is 9.53 Å². The minimum atomic E-state index is -0.121. The maximum Gasteiger partial charge on any atom is 0.333 e. The summed E-state index contributed by atoms with van der Waals surface area (Å²) in [7, 11) is 0. The van der Waals surface area contributed by atoms with Gasteiger partial charge in [0.2, 0.25) is 0 Å². The summed E-state index contributed by atoms with van der Waals surface area (Å²) in [6.07, 6.45) is 6.26. The van der Waals surface area contributed by atoms with Gasteiger partial charge >= 0.3 is 5.97 Å². The van der Waals surface area contributed by atoms with Gasteiger partial charge in [-0.2, -0.15) is 0 Å². The van der Waals surface area contributed by atoms with Gasteiger partial charge in [0, 0.05) is 5.57 Å². The molecule has 0 fully saturated rings. The first-order chi connectivity index (χ1) is 5.70. The van der Waals surface area contributed by atoms with E-state index < -0.39 is 0 Å². The minimum absolute atomic E-state index is 0.000302. The van der Waals surface area contributed by atoms with Gasteiger partial charge in [-0.05, 0) is 39.5 Å². The van der Waals surface area contributed by atoms with E-state index >= 15 is 0 Å². The van der Waals surface area contributed by atoms with Crippen molar-refractivity contribution in [1.82, 2.24) is 0 Å². The molecule has 0 N–H and O–H groups in total. The molecular formula is C10H16O2. The molecule has 2 nitrogen and oxygen atoms in total. The standard InChI is InChI=1S/C10H16O2/c1-8(2)12-10(11)9-6-4-3-5-7-9/h6,8H,3-5,7H2,1-2H3. The third-order valence-corrected chi connectivity index (χ3v) is 1.90. The fraction of sp³-hybridized carbons (Fsp3) is 0.700. The van der Waals surface area contributed by atoms with Crippen molar-refractivity contribution in [3.63, 3.8) is 0 Å². The molecular weight excluding hydrogens is 152 g/mol. The van der Waals surface area contributed by atoms with Crippen molar-refractivity contribution in [1.29, 1.82) is 0 Å². The Labute approximate surface area is 73.6 Å². The summed E-state index contributed by atoms with van der Waals surface area (Å²) in [5.41, 5.74) is 0.870. The van der Waals surface area contributed by atoms with Gasteiger partial charge < -0.3 is 4.74 Å². The molecule has 12 heavy (non-hydrogen) atoms. The van der Waals surface area contributed by atoms with Crippen LogP contribution in [0.2, 0.25) is 0 Å². The zero-order valence-corrected chi connectivity index (χ0v) is 7.80. The summed E-state index contributed by atoms with van der Waals surface area (Å²) in [6.45, 7) is 3.75. The average molecular weight is 168 g/mol. The van der Waals surface area contributed by atoms with Crippen LogP contribution in [0.3, 0.4) is 0 Å². The number of allylic oxidation sites excluding steroid dienone is 1. The number of hydrogen-bond acceptors (Lipinski definition) is 2. The molecule has 0 aromatic rings. The lowest BCUT2D eigenvalue weighted by molar-refractivity contribution is -0.142. The number of carbonyl (C=O) groups excluding carboxylic acids is 1. The van der Waals surface area contributed by atoms with E-state index in [0.29, 0.717) is 0 Å². The van der Waals surface area contributed by atoms with Gasteiger partial charge in [0.25, 0.3) is 0 Å². The molecule has 0 bridgehead atoms. The minimum Gasteiger partial charge on any atom is -0.460 e. The quantitative estimate of drug-likeness (QED) is 0.592. The molecule has 0 heterocycles. The zero-order chi connectivity index (χ0) is 8.97. The smallest absolute Gasteiger partial charge is 0.333 e. The van der Waals surface area contributed by atoms with E-state index in [1.54, 1.807) is 0 Å². The van der Waals surface area contributed by atoms with Gasteiger partial charge in [0.1, 0.15) is 0 Å². The van der Waals surface area contributed by atoms with Crippen LogP contribution in [0.1, 0.15) is 39.5 Å². The number of rotatable bonds is 2. The van der Waals surface area contributed by atoms with Crippen LogP contribution in [0.25, 0.3) is 0 Å². The maximum atomic E-state index is 11.3. The Morgan fingerprint density at radius 3 is 2.75 bits per heavy atom. The highest BCUT2D eigenvalue weighted by Gasteiger charge is 2.14. The van der Waals surface area contributed by atoms with Crippen LogP contribution in [0.5, 0.6) is 0 Å². The third-order valence-electron chi connectivity index (χ3n) is 1.90. The molecule has 0 spiro atoms. The van der Waals surface area contributed by atoms with Crippen LogP contribution in [0, 0.1) is 0 Å². The van der Waals surface area contributed by atoms with Crippen LogP contribution >= 0.6 is 0 Å². The van der Waals surface area contributed by atoms with E-state index in [-0.39, 0.29) is 12.1 Å². The van der Waals surface area contributed by atoms with Crippen molar-refractivity contribution in [3.8, 4) is 0 Å². The molecule has 0 radical (unpaired) electrons. The van der Waals surface area contributed by atoms with Crippen LogP contribution in [-0.2, 0) is 9.53 Å². The first kappa shape index (κ1) is 9.30. The van der Waals surface area contributed by atoms with Crippen LogP contribution in [0.4, 0.5) is 0 Å². The molecule has 0 aliphatic heterocycles. The fourth-order valence-electron chi connectivity index (χ4n) is 1.31. The summed E-state index contributed by atoms with van der Waals surface area (Å²) in [5, 5.41) is 0. The van der Waals surface area contributed by atoms with Gasteiger partial charge in [0.15, 0.2) is 0 Å². The molecule has 1 aliphatic rings. The van der Waals surface area contributed by atoms with E-state index in [0.717, 1.165) is 24.8 Å². The molecule has 0 amide bonds. The van der Waals surface area contributed by atoms with E-state index in [9.17, 15) is 4.79 Å². The molecule has 2 heteroatoms. The highest BCUT2D eigenvalue weighted by molar-refractivity contribution is 5.88. The summed E-state index contributed by atoms with van der Waals surface area (Å²) in [4.78, 5) is 11.3. The predicted molar refractivity (Wildman–Crippen MR) is 47.8 cm³/mol. The van der Waals surface area contributed by atoms with Gasteiger partial charge in [-0.3, -0.25) is 0 Å². The Hall–Kier alpha value is -0.790. The lowest BCUT2D eigenvalue weighted by Gasteiger charge is -2.13. The summed E-state index contributed by atoms with van der Waals surface area (Å²) >= 11 is 0. The first-order valence-corrected chi connectivity index (χ1v) is 4.60. The Balaban J connectivity index is 2.45. The van der Waals surface area contributed by atoms with E-state index in [1.165, 1.54) is 6.42 Å². The molecule has 0 aromatic carbocycles. The first-order valence-electron chi connectivity index (χ1n) is 4.60. The molecule has 0 aromatic heterocycles. The van der Waals surface area contributed by atoms with Crippen LogP contribution in [0.15, 0.2) is 11.6 Å². The van der Waals surface area contributed by atoms with Gasteiger partial charge in [-0.15, -0.1) is 0 Å². The van der Waals surface area contributed by atoms with Crippen LogP contribution in [-0.4, -0.2) is 12.1 Å². The molecule has 1 rings (SSSR count). The predicted octanol–water partition coefficient (Wildman–Crippen LogP) is 2.44. The summed E-state index contributed by atoms with van der Waals surface area (Å²) in [5.74, 6) is -0.121. The number of hydrogen-bond donors (Lipinski definition) is 0. The van der Waals surface area contributed by atoms with Crippen molar-refractivity contribution in [2.24, 2.45) is 0 Å². The fourth-order valence-corrected chi connectivity index (χ4v) is 1.31. The average Bonchev–Trinajstić information content (AvgIpc) is 2.05. The van der Waals surface area contributed by atoms with Crippen molar-refractivity contribution in [2.75, 3.05) is 0 Å². The van der Waals surface area contributed by atoms with Gasteiger partial charge in [-0.25, -0.2) is 4.79 Å². The Kier molecular flexibility index (Phi) is 3.32. The molecule has 0 saturated carbocycles. The molecule has 0 atom stereocenters. The maximum absolute atomic E-state index is 11.3. The summed E-state index contributed by atoms with van der Waals surface area (Å²) < 4.78 is 5.08. The third kappa shape index (κ3) is 2.68. The highest BCUT2D eigenvalue weighted by atomic mass is 16.5. The molecule has 1 aliphatic carbocycles. The van der Waals surface area contributed by atoms with Crippen molar-refractivity contribution in [3.05, 3.63) is 11.6 Å². The zero-order valence-electron chi connectivity index (χ0n) is 7.80. The second-order valence-corrected chi connectivity index (χ2v) is 3.43. The van der Waals surface area contributed by atoms with E-state index in [2.05, 4.69) is 0 Å². The SMILES string of the molecule is CC(C)OC(=O)C1=CCCCC1. The van der Waals surface area contributed by atoms with E-state index in [1.807, 2.05) is 19.9 Å². The number of ether oxygens (including phenoxy) is 1. The normalized spacial score (nSPS) is 17.4. The van der Waals surface area contributed by atoms with Gasteiger partial charge in [-0.1, -0.05) is 6.08 Å². The van der Waals surface area contributed by atoms with Crippen molar-refractivity contribution in [2.45, 2.75) is 45.6 Å². The largest absolute Gasteiger partial charge is 0.460 e. The molecule has 0 saturated heterocycles. The Morgan fingerprint density at radius 1 is 1.50 bits per heavy atom. The van der Waals surface area contributed by atoms with Gasteiger partial charge in [0.05, 0.1) is 6.10 Å². The van der Waals surface area contributed by atoms with Crippen molar-refractivity contribution >= 4 is 5.97 Å². The highest BCUT2D eigenvalue weighted by Crippen LogP contribution is 2.18. The topological polar surface area (TPSA) is 26.3 Å². The monoisotopic (exact) mass is 168 g/mol. The van der Waals surface area contributed by atoms with E-state index in [4.69, 9.17) is 4.74 Å². The van der Waals surface area contributed by atoms with Crippen LogP contribution < -0.4 is 0 Å². The molecule has 0 unspecified atom stereocenters. The Morgan fingerprint density at radius 2 is 2.25 bits per heavy atom. The summed E-state index contributed by atoms with van der Waals surface area (Å²) in [6, 6.07) is 0. The lowest BCUT2D eigenvalue weighted by Crippen LogP contribution is -2.14. The second kappa shape index (κ2) is 4.29. The molecule has 68 valence electrons. The lowest BCUT2D eigenvalue weighted by atomic mass is 10.00.